The quantitative estimate of drug-likeness (QED) is 0.895. The molecule has 0 aliphatic carbocycles. The van der Waals surface area contributed by atoms with Crippen LogP contribution in [0.1, 0.15) is 23.9 Å². The fourth-order valence-electron chi connectivity index (χ4n) is 2.09. The molecule has 0 atom stereocenters. The van der Waals surface area contributed by atoms with Gasteiger partial charge in [-0.3, -0.25) is 0 Å². The monoisotopic (exact) mass is 243 g/mol. The Kier molecular flexibility index (Phi) is 3.82. The van der Waals surface area contributed by atoms with E-state index in [-0.39, 0.29) is 0 Å². The second kappa shape index (κ2) is 5.36. The summed E-state index contributed by atoms with van der Waals surface area (Å²) in [7, 11) is 2.07. The fourth-order valence-corrected chi connectivity index (χ4v) is 2.09. The third-order valence-electron chi connectivity index (χ3n) is 3.33. The maximum atomic E-state index is 4.39. The molecule has 2 rings (SSSR count). The minimum absolute atomic E-state index is 0.899. The van der Waals surface area contributed by atoms with Crippen molar-refractivity contribution in [1.82, 2.24) is 14.9 Å². The van der Waals surface area contributed by atoms with Crippen molar-refractivity contribution < 1.29 is 0 Å². The van der Waals surface area contributed by atoms with E-state index in [2.05, 4.69) is 54.0 Å². The van der Waals surface area contributed by atoms with Gasteiger partial charge < -0.3 is 9.88 Å². The van der Waals surface area contributed by atoms with Crippen molar-refractivity contribution in [1.29, 1.82) is 0 Å². The highest BCUT2D eigenvalue weighted by atomic mass is 15.0. The normalized spacial score (nSPS) is 10.9. The Morgan fingerprint density at radius 3 is 2.67 bits per heavy atom. The molecule has 0 aliphatic rings. The van der Waals surface area contributed by atoms with Crippen LogP contribution in [-0.2, 0) is 13.6 Å². The van der Waals surface area contributed by atoms with E-state index in [9.17, 15) is 0 Å². The predicted molar refractivity (Wildman–Crippen MR) is 75.5 cm³/mol. The van der Waals surface area contributed by atoms with Crippen molar-refractivity contribution in [2.75, 3.05) is 6.54 Å². The van der Waals surface area contributed by atoms with Crippen molar-refractivity contribution in [3.05, 3.63) is 41.3 Å². The van der Waals surface area contributed by atoms with Crippen molar-refractivity contribution in [2.45, 2.75) is 27.3 Å². The molecule has 0 saturated heterocycles. The van der Waals surface area contributed by atoms with Crippen LogP contribution in [0.2, 0.25) is 0 Å². The molecule has 18 heavy (non-hydrogen) atoms. The lowest BCUT2D eigenvalue weighted by Gasteiger charge is -2.12. The summed E-state index contributed by atoms with van der Waals surface area (Å²) in [5, 5.41) is 3.39. The average molecular weight is 243 g/mol. The number of imidazole rings is 1. The van der Waals surface area contributed by atoms with Crippen molar-refractivity contribution in [3.8, 4) is 11.3 Å². The summed E-state index contributed by atoms with van der Waals surface area (Å²) in [6.45, 7) is 8.17. The van der Waals surface area contributed by atoms with Crippen LogP contribution in [0.4, 0.5) is 0 Å². The average Bonchev–Trinajstić information content (AvgIpc) is 2.68. The minimum atomic E-state index is 0.899. The third-order valence-corrected chi connectivity index (χ3v) is 3.33. The Labute approximate surface area is 109 Å². The standard InChI is InChI=1S/C15H21N3/c1-5-16-9-13-7-6-11(2)8-14(13)15-10-17-12(3)18(15)4/h6-8,10,16H,5,9H2,1-4H3. The van der Waals surface area contributed by atoms with Crippen molar-refractivity contribution >= 4 is 0 Å². The first-order valence-corrected chi connectivity index (χ1v) is 6.42. The van der Waals surface area contributed by atoms with Gasteiger partial charge in [0.25, 0.3) is 0 Å². The first-order valence-electron chi connectivity index (χ1n) is 6.42. The van der Waals surface area contributed by atoms with Crippen LogP contribution in [0.15, 0.2) is 24.4 Å². The van der Waals surface area contributed by atoms with Gasteiger partial charge in [0.2, 0.25) is 0 Å². The zero-order valence-corrected chi connectivity index (χ0v) is 11.6. The fraction of sp³-hybridized carbons (Fsp3) is 0.400. The molecule has 2 aromatic rings. The van der Waals surface area contributed by atoms with Crippen molar-refractivity contribution in [3.63, 3.8) is 0 Å². The molecule has 3 heteroatoms. The maximum Gasteiger partial charge on any atom is 0.105 e. The first kappa shape index (κ1) is 12.8. The van der Waals surface area contributed by atoms with Gasteiger partial charge in [0, 0.05) is 19.2 Å². The number of aromatic nitrogens is 2. The number of nitrogens with one attached hydrogen (secondary N) is 1. The Bertz CT molecular complexity index is 541. The van der Waals surface area contributed by atoms with Gasteiger partial charge in [-0.15, -0.1) is 0 Å². The number of benzene rings is 1. The van der Waals surface area contributed by atoms with E-state index in [0.717, 1.165) is 18.9 Å². The number of rotatable bonds is 4. The second-order valence-electron chi connectivity index (χ2n) is 4.69. The zero-order chi connectivity index (χ0) is 13.1. The highest BCUT2D eigenvalue weighted by Gasteiger charge is 2.10. The SMILES string of the molecule is CCNCc1ccc(C)cc1-c1cnc(C)n1C. The molecule has 1 N–H and O–H groups in total. The minimum Gasteiger partial charge on any atom is -0.331 e. The Balaban J connectivity index is 2.47. The van der Waals surface area contributed by atoms with Gasteiger partial charge in [0.1, 0.15) is 5.82 Å². The van der Waals surface area contributed by atoms with Gasteiger partial charge in [-0.25, -0.2) is 4.98 Å². The van der Waals surface area contributed by atoms with Gasteiger partial charge in [0.05, 0.1) is 11.9 Å². The lowest BCUT2D eigenvalue weighted by molar-refractivity contribution is 0.726. The number of hydrogen-bond acceptors (Lipinski definition) is 2. The zero-order valence-electron chi connectivity index (χ0n) is 11.6. The molecule has 0 spiro atoms. The summed E-state index contributed by atoms with van der Waals surface area (Å²) in [5.74, 6) is 1.04. The number of nitrogens with zero attached hydrogens (tertiary/aromatic N) is 2. The van der Waals surface area contributed by atoms with Crippen LogP contribution >= 0.6 is 0 Å². The lowest BCUT2D eigenvalue weighted by Crippen LogP contribution is -2.13. The van der Waals surface area contributed by atoms with Gasteiger partial charge in [-0.05, 0) is 32.0 Å². The van der Waals surface area contributed by atoms with Gasteiger partial charge in [0.15, 0.2) is 0 Å². The van der Waals surface area contributed by atoms with E-state index in [1.807, 2.05) is 13.1 Å². The van der Waals surface area contributed by atoms with E-state index in [0.29, 0.717) is 0 Å². The van der Waals surface area contributed by atoms with E-state index < -0.39 is 0 Å². The summed E-state index contributed by atoms with van der Waals surface area (Å²) in [6.07, 6.45) is 1.96. The predicted octanol–water partition coefficient (Wildman–Crippen LogP) is 2.81. The number of aryl methyl sites for hydroxylation is 2. The molecule has 0 radical (unpaired) electrons. The first-order chi connectivity index (χ1) is 8.63. The van der Waals surface area contributed by atoms with Crippen LogP contribution in [0, 0.1) is 13.8 Å². The molecule has 3 nitrogen and oxygen atoms in total. The van der Waals surface area contributed by atoms with Crippen LogP contribution in [0.3, 0.4) is 0 Å². The molecule has 1 heterocycles. The van der Waals surface area contributed by atoms with E-state index in [1.54, 1.807) is 0 Å². The smallest absolute Gasteiger partial charge is 0.105 e. The highest BCUT2D eigenvalue weighted by Crippen LogP contribution is 2.25. The van der Waals surface area contributed by atoms with Gasteiger partial charge in [-0.2, -0.15) is 0 Å². The molecule has 0 fully saturated rings. The molecule has 1 aromatic carbocycles. The molecule has 0 unspecified atom stereocenters. The van der Waals surface area contributed by atoms with E-state index >= 15 is 0 Å². The van der Waals surface area contributed by atoms with Gasteiger partial charge >= 0.3 is 0 Å². The largest absolute Gasteiger partial charge is 0.331 e. The van der Waals surface area contributed by atoms with E-state index in [1.165, 1.54) is 22.4 Å². The molecule has 0 aliphatic heterocycles. The van der Waals surface area contributed by atoms with Crippen LogP contribution < -0.4 is 5.32 Å². The Morgan fingerprint density at radius 1 is 1.28 bits per heavy atom. The van der Waals surface area contributed by atoms with Crippen LogP contribution in [0.25, 0.3) is 11.3 Å². The third kappa shape index (κ3) is 2.46. The molecule has 0 amide bonds. The summed E-state index contributed by atoms with van der Waals surface area (Å²) >= 11 is 0. The second-order valence-corrected chi connectivity index (χ2v) is 4.69. The molecule has 1 aromatic heterocycles. The van der Waals surface area contributed by atoms with Crippen molar-refractivity contribution in [2.24, 2.45) is 7.05 Å². The molecule has 0 saturated carbocycles. The highest BCUT2D eigenvalue weighted by molar-refractivity contribution is 5.65. The van der Waals surface area contributed by atoms with Crippen LogP contribution in [-0.4, -0.2) is 16.1 Å². The summed E-state index contributed by atoms with van der Waals surface area (Å²) in [5.41, 5.74) is 5.07. The topological polar surface area (TPSA) is 29.9 Å². The Hall–Kier alpha value is -1.61. The summed E-state index contributed by atoms with van der Waals surface area (Å²) in [4.78, 5) is 4.39. The molecule has 0 bridgehead atoms. The summed E-state index contributed by atoms with van der Waals surface area (Å²) in [6, 6.07) is 6.61. The maximum absolute atomic E-state index is 4.39. The van der Waals surface area contributed by atoms with Crippen LogP contribution in [0.5, 0.6) is 0 Å². The molecule has 96 valence electrons. The van der Waals surface area contributed by atoms with E-state index in [4.69, 9.17) is 0 Å². The molecular formula is C15H21N3. The number of hydrogen-bond donors (Lipinski definition) is 1. The lowest BCUT2D eigenvalue weighted by atomic mass is 10.0. The van der Waals surface area contributed by atoms with Gasteiger partial charge in [-0.1, -0.05) is 24.6 Å². The molecular weight excluding hydrogens is 222 g/mol. The summed E-state index contributed by atoms with van der Waals surface area (Å²) < 4.78 is 2.14. The Morgan fingerprint density at radius 2 is 2.06 bits per heavy atom.